The summed E-state index contributed by atoms with van der Waals surface area (Å²) in [6.45, 7) is 4.06. The summed E-state index contributed by atoms with van der Waals surface area (Å²) in [5, 5.41) is 30.4. The average molecular weight is 455 g/mol. The molecule has 0 bridgehead atoms. The number of carbonyl (C=O) groups is 1. The van der Waals surface area contributed by atoms with Crippen LogP contribution in [0.15, 0.2) is 48.1 Å². The molecule has 1 fully saturated rings. The Morgan fingerprint density at radius 2 is 1.91 bits per heavy atom. The molecule has 33 heavy (non-hydrogen) atoms. The van der Waals surface area contributed by atoms with Crippen molar-refractivity contribution >= 4 is 5.97 Å². The lowest BCUT2D eigenvalue weighted by atomic mass is 9.87. The van der Waals surface area contributed by atoms with Crippen LogP contribution in [-0.2, 0) is 6.42 Å². The Kier molecular flexibility index (Phi) is 9.34. The van der Waals surface area contributed by atoms with Gasteiger partial charge >= 0.3 is 5.97 Å². The minimum atomic E-state index is -0.844. The molecule has 0 saturated heterocycles. The third kappa shape index (κ3) is 7.28. The van der Waals surface area contributed by atoms with Gasteiger partial charge in [0.15, 0.2) is 0 Å². The minimum Gasteiger partial charge on any atom is -0.478 e. The van der Waals surface area contributed by atoms with Gasteiger partial charge < -0.3 is 15.3 Å². The van der Waals surface area contributed by atoms with Crippen molar-refractivity contribution in [2.24, 2.45) is 17.8 Å². The first-order valence-corrected chi connectivity index (χ1v) is 12.9. The quantitative estimate of drug-likeness (QED) is 0.241. The Bertz CT molecular complexity index is 838. The number of allylic oxidation sites excluding steroid dienone is 2. The van der Waals surface area contributed by atoms with Crippen LogP contribution >= 0.6 is 0 Å². The molecule has 0 radical (unpaired) electrons. The van der Waals surface area contributed by atoms with Crippen LogP contribution in [0, 0.1) is 17.8 Å². The molecule has 0 unspecified atom stereocenters. The Labute approximate surface area is 199 Å². The summed E-state index contributed by atoms with van der Waals surface area (Å²) in [5.74, 6) is 0.323. The van der Waals surface area contributed by atoms with Crippen molar-refractivity contribution < 1.29 is 20.1 Å². The molecule has 2 aliphatic rings. The SMILES string of the molecule is CCCC[C@@](C)(O)C/C=C/[C@H]1[C@H]2CC(CCCCCc3ccccc3C(=O)O)=C[C@H]2C[C@H]1O. The summed E-state index contributed by atoms with van der Waals surface area (Å²) in [6, 6.07) is 7.30. The second-order valence-corrected chi connectivity index (χ2v) is 10.5. The van der Waals surface area contributed by atoms with E-state index in [9.17, 15) is 20.1 Å². The molecular weight excluding hydrogens is 412 g/mol. The van der Waals surface area contributed by atoms with Gasteiger partial charge in [0, 0.05) is 5.92 Å². The molecule has 5 atom stereocenters. The van der Waals surface area contributed by atoms with Crippen molar-refractivity contribution in [1.29, 1.82) is 0 Å². The van der Waals surface area contributed by atoms with Crippen LogP contribution in [-0.4, -0.2) is 33.0 Å². The fraction of sp³-hybridized carbons (Fsp3) is 0.621. The predicted octanol–water partition coefficient (Wildman–Crippen LogP) is 6.32. The van der Waals surface area contributed by atoms with Gasteiger partial charge in [0.2, 0.25) is 0 Å². The molecule has 2 aliphatic carbocycles. The van der Waals surface area contributed by atoms with Crippen molar-refractivity contribution in [1.82, 2.24) is 0 Å². The maximum Gasteiger partial charge on any atom is 0.335 e. The minimum absolute atomic E-state index is 0.193. The highest BCUT2D eigenvalue weighted by Gasteiger charge is 2.43. The molecule has 0 heterocycles. The van der Waals surface area contributed by atoms with Crippen molar-refractivity contribution in [2.45, 2.75) is 96.2 Å². The third-order valence-electron chi connectivity index (χ3n) is 7.63. The van der Waals surface area contributed by atoms with Crippen molar-refractivity contribution in [3.05, 3.63) is 59.2 Å². The number of aryl methyl sites for hydroxylation is 1. The summed E-state index contributed by atoms with van der Waals surface area (Å²) >= 11 is 0. The highest BCUT2D eigenvalue weighted by atomic mass is 16.4. The van der Waals surface area contributed by atoms with E-state index >= 15 is 0 Å². The van der Waals surface area contributed by atoms with Gasteiger partial charge in [-0.25, -0.2) is 4.79 Å². The number of aromatic carboxylic acids is 1. The van der Waals surface area contributed by atoms with Crippen LogP contribution in [0.25, 0.3) is 0 Å². The second kappa shape index (κ2) is 12.0. The lowest BCUT2D eigenvalue weighted by molar-refractivity contribution is 0.0513. The second-order valence-electron chi connectivity index (χ2n) is 10.5. The van der Waals surface area contributed by atoms with E-state index in [2.05, 4.69) is 25.2 Å². The summed E-state index contributed by atoms with van der Waals surface area (Å²) in [6.07, 6.45) is 17.1. The molecule has 0 aromatic heterocycles. The van der Waals surface area contributed by atoms with Gasteiger partial charge in [0.25, 0.3) is 0 Å². The van der Waals surface area contributed by atoms with E-state index in [4.69, 9.17) is 0 Å². The lowest BCUT2D eigenvalue weighted by Crippen LogP contribution is -2.23. The first-order valence-electron chi connectivity index (χ1n) is 12.9. The molecule has 3 rings (SSSR count). The van der Waals surface area contributed by atoms with Gasteiger partial charge in [0.1, 0.15) is 0 Å². The number of fused-ring (bicyclic) bond motifs is 1. The summed E-state index contributed by atoms with van der Waals surface area (Å²) < 4.78 is 0. The van der Waals surface area contributed by atoms with Crippen LogP contribution in [0.1, 0.15) is 94.0 Å². The van der Waals surface area contributed by atoms with E-state index in [1.165, 1.54) is 5.57 Å². The highest BCUT2D eigenvalue weighted by Crippen LogP contribution is 2.48. The summed E-state index contributed by atoms with van der Waals surface area (Å²) in [7, 11) is 0. The molecular formula is C29H42O4. The number of hydrogen-bond donors (Lipinski definition) is 3. The van der Waals surface area contributed by atoms with Crippen LogP contribution in [0.4, 0.5) is 0 Å². The van der Waals surface area contributed by atoms with E-state index in [0.717, 1.165) is 69.8 Å². The Hall–Kier alpha value is -1.91. The number of unbranched alkanes of at least 4 members (excludes halogenated alkanes) is 3. The van der Waals surface area contributed by atoms with E-state index in [1.54, 1.807) is 12.1 Å². The Morgan fingerprint density at radius 1 is 1.15 bits per heavy atom. The van der Waals surface area contributed by atoms with Crippen molar-refractivity contribution in [3.8, 4) is 0 Å². The predicted molar refractivity (Wildman–Crippen MR) is 133 cm³/mol. The van der Waals surface area contributed by atoms with E-state index in [1.807, 2.05) is 19.1 Å². The van der Waals surface area contributed by atoms with Crippen LogP contribution in [0.2, 0.25) is 0 Å². The Morgan fingerprint density at radius 3 is 2.67 bits per heavy atom. The van der Waals surface area contributed by atoms with Crippen LogP contribution < -0.4 is 0 Å². The number of carboxylic acids is 1. The monoisotopic (exact) mass is 454 g/mol. The van der Waals surface area contributed by atoms with Gasteiger partial charge in [-0.05, 0) is 81.8 Å². The normalized spacial score (nSPS) is 26.4. The highest BCUT2D eigenvalue weighted by molar-refractivity contribution is 5.89. The molecule has 0 spiro atoms. The zero-order valence-corrected chi connectivity index (χ0v) is 20.4. The number of aliphatic hydroxyl groups is 2. The maximum absolute atomic E-state index is 11.3. The Balaban J connectivity index is 1.41. The molecule has 182 valence electrons. The molecule has 4 heteroatoms. The van der Waals surface area contributed by atoms with Crippen LogP contribution in [0.5, 0.6) is 0 Å². The maximum atomic E-state index is 11.3. The zero-order chi connectivity index (χ0) is 23.8. The van der Waals surface area contributed by atoms with Crippen molar-refractivity contribution in [2.75, 3.05) is 0 Å². The molecule has 0 amide bonds. The topological polar surface area (TPSA) is 77.8 Å². The van der Waals surface area contributed by atoms with Gasteiger partial charge in [-0.2, -0.15) is 0 Å². The number of rotatable bonds is 13. The largest absolute Gasteiger partial charge is 0.478 e. The molecule has 3 N–H and O–H groups in total. The molecule has 1 saturated carbocycles. The van der Waals surface area contributed by atoms with Gasteiger partial charge in [-0.3, -0.25) is 0 Å². The summed E-state index contributed by atoms with van der Waals surface area (Å²) in [5.41, 5.74) is 2.22. The van der Waals surface area contributed by atoms with Crippen molar-refractivity contribution in [3.63, 3.8) is 0 Å². The summed E-state index contributed by atoms with van der Waals surface area (Å²) in [4.78, 5) is 11.3. The first-order chi connectivity index (χ1) is 15.8. The smallest absolute Gasteiger partial charge is 0.335 e. The van der Waals surface area contributed by atoms with Gasteiger partial charge in [0.05, 0.1) is 17.3 Å². The average Bonchev–Trinajstić information content (AvgIpc) is 3.29. The number of aliphatic hydroxyl groups excluding tert-OH is 1. The zero-order valence-electron chi connectivity index (χ0n) is 20.4. The van der Waals surface area contributed by atoms with Gasteiger partial charge in [-0.1, -0.05) is 68.2 Å². The third-order valence-corrected chi connectivity index (χ3v) is 7.63. The van der Waals surface area contributed by atoms with Crippen LogP contribution in [0.3, 0.4) is 0 Å². The molecule has 1 aromatic carbocycles. The van der Waals surface area contributed by atoms with E-state index in [-0.39, 0.29) is 12.0 Å². The molecule has 1 aromatic rings. The number of hydrogen-bond acceptors (Lipinski definition) is 3. The lowest BCUT2D eigenvalue weighted by Gasteiger charge is -2.22. The standard InChI is InChI=1S/C29H42O4/c1-3-4-16-29(2,33)17-10-15-25-26-19-21(18-23(26)20-27(25)30)11-6-5-7-12-22-13-8-9-14-24(22)28(31)32/h8-10,13-15,18,23,25-27,30,33H,3-7,11-12,16-17,19-20H2,1-2H3,(H,31,32)/b15-10+/t23-,25-,26-,27+,29+/m0/s1. The molecule has 0 aliphatic heterocycles. The first kappa shape index (κ1) is 25.7. The van der Waals surface area contributed by atoms with Gasteiger partial charge in [-0.15, -0.1) is 0 Å². The fourth-order valence-corrected chi connectivity index (χ4v) is 5.72. The van der Waals surface area contributed by atoms with E-state index < -0.39 is 11.6 Å². The fourth-order valence-electron chi connectivity index (χ4n) is 5.72. The number of carboxylic acid groups (broad SMARTS) is 1. The van der Waals surface area contributed by atoms with E-state index in [0.29, 0.717) is 23.8 Å². The molecule has 4 nitrogen and oxygen atoms in total. The number of benzene rings is 1.